The van der Waals surface area contributed by atoms with Gasteiger partial charge in [0, 0.05) is 29.8 Å². The summed E-state index contributed by atoms with van der Waals surface area (Å²) in [6.45, 7) is 4.02. The second kappa shape index (κ2) is 6.21. The average Bonchev–Trinajstić information content (AvgIpc) is 3.09. The minimum Gasteiger partial charge on any atom is -0.302 e. The lowest BCUT2D eigenvalue weighted by Gasteiger charge is -2.13. The SMILES string of the molecule is CC(C)c1cc(=O)n2c(n1)SC[C@@H]2CC(=O)Nc1nccs1. The van der Waals surface area contributed by atoms with Gasteiger partial charge in [0.15, 0.2) is 10.3 Å². The molecule has 2 aromatic rings. The monoisotopic (exact) mass is 336 g/mol. The fraction of sp³-hybridized carbons (Fsp3) is 0.429. The van der Waals surface area contributed by atoms with Gasteiger partial charge in [0.05, 0.1) is 11.7 Å². The van der Waals surface area contributed by atoms with Crippen molar-refractivity contribution in [1.82, 2.24) is 14.5 Å². The normalized spacial score (nSPS) is 16.8. The van der Waals surface area contributed by atoms with Crippen LogP contribution in [0.15, 0.2) is 27.6 Å². The van der Waals surface area contributed by atoms with E-state index >= 15 is 0 Å². The van der Waals surface area contributed by atoms with Crippen LogP contribution in [0.3, 0.4) is 0 Å². The molecule has 0 aliphatic carbocycles. The number of carbonyl (C=O) groups excluding carboxylic acids is 1. The van der Waals surface area contributed by atoms with Crippen LogP contribution in [0.25, 0.3) is 0 Å². The van der Waals surface area contributed by atoms with E-state index in [1.165, 1.54) is 23.1 Å². The van der Waals surface area contributed by atoms with Gasteiger partial charge in [0.2, 0.25) is 5.91 Å². The topological polar surface area (TPSA) is 76.9 Å². The average molecular weight is 336 g/mol. The summed E-state index contributed by atoms with van der Waals surface area (Å²) in [5.41, 5.74) is 0.724. The van der Waals surface area contributed by atoms with Crippen molar-refractivity contribution < 1.29 is 4.79 Å². The fourth-order valence-electron chi connectivity index (χ4n) is 2.29. The lowest BCUT2D eigenvalue weighted by molar-refractivity contribution is -0.116. The standard InChI is InChI=1S/C14H16N4O2S2/c1-8(2)10-6-12(20)18-9(7-22-14(18)16-10)5-11(19)17-13-15-3-4-21-13/h3-4,6,8-9H,5,7H2,1-2H3,(H,15,17,19)/t9-/m0/s1. The molecule has 22 heavy (non-hydrogen) atoms. The molecule has 0 radical (unpaired) electrons. The number of aromatic nitrogens is 3. The van der Waals surface area contributed by atoms with Crippen LogP contribution >= 0.6 is 23.1 Å². The molecule has 2 aromatic heterocycles. The highest BCUT2D eigenvalue weighted by molar-refractivity contribution is 7.99. The molecule has 1 N–H and O–H groups in total. The molecule has 1 amide bonds. The first-order valence-corrected chi connectivity index (χ1v) is 8.86. The van der Waals surface area contributed by atoms with Crippen molar-refractivity contribution >= 4 is 34.1 Å². The van der Waals surface area contributed by atoms with E-state index in [0.29, 0.717) is 16.0 Å². The zero-order chi connectivity index (χ0) is 15.7. The summed E-state index contributed by atoms with van der Waals surface area (Å²) >= 11 is 2.90. The molecular formula is C14H16N4O2S2. The molecule has 3 rings (SSSR count). The van der Waals surface area contributed by atoms with Gasteiger partial charge in [-0.05, 0) is 5.92 Å². The Morgan fingerprint density at radius 1 is 1.55 bits per heavy atom. The van der Waals surface area contributed by atoms with Gasteiger partial charge in [-0.15, -0.1) is 11.3 Å². The largest absolute Gasteiger partial charge is 0.302 e. The second-order valence-electron chi connectivity index (χ2n) is 5.38. The number of nitrogens with one attached hydrogen (secondary N) is 1. The molecule has 0 fully saturated rings. The number of hydrogen-bond donors (Lipinski definition) is 1. The smallest absolute Gasteiger partial charge is 0.254 e. The number of thioether (sulfide) groups is 1. The van der Waals surface area contributed by atoms with Gasteiger partial charge < -0.3 is 5.32 Å². The number of fused-ring (bicyclic) bond motifs is 1. The zero-order valence-electron chi connectivity index (χ0n) is 12.3. The van der Waals surface area contributed by atoms with Crippen LogP contribution in [0.5, 0.6) is 0 Å². The van der Waals surface area contributed by atoms with E-state index in [-0.39, 0.29) is 29.8 Å². The molecule has 8 heteroatoms. The van der Waals surface area contributed by atoms with E-state index in [9.17, 15) is 9.59 Å². The van der Waals surface area contributed by atoms with E-state index in [2.05, 4.69) is 15.3 Å². The van der Waals surface area contributed by atoms with Gasteiger partial charge in [-0.3, -0.25) is 14.2 Å². The quantitative estimate of drug-likeness (QED) is 0.868. The summed E-state index contributed by atoms with van der Waals surface area (Å²) in [7, 11) is 0. The minimum absolute atomic E-state index is 0.0780. The molecular weight excluding hydrogens is 320 g/mol. The maximum Gasteiger partial charge on any atom is 0.254 e. The Balaban J connectivity index is 1.77. The third-order valence-corrected chi connectivity index (χ3v) is 5.19. The first-order valence-electron chi connectivity index (χ1n) is 7.00. The van der Waals surface area contributed by atoms with Crippen molar-refractivity contribution in [3.63, 3.8) is 0 Å². The van der Waals surface area contributed by atoms with Crippen molar-refractivity contribution in [2.45, 2.75) is 37.4 Å². The molecule has 0 saturated carbocycles. The summed E-state index contributed by atoms with van der Waals surface area (Å²) in [6, 6.07) is 1.42. The van der Waals surface area contributed by atoms with E-state index < -0.39 is 0 Å². The molecule has 0 aromatic carbocycles. The van der Waals surface area contributed by atoms with Gasteiger partial charge in [0.25, 0.3) is 5.56 Å². The number of amides is 1. The lowest BCUT2D eigenvalue weighted by Crippen LogP contribution is -2.28. The first kappa shape index (κ1) is 15.2. The molecule has 0 unspecified atom stereocenters. The van der Waals surface area contributed by atoms with Crippen LogP contribution in [0.1, 0.15) is 37.9 Å². The lowest BCUT2D eigenvalue weighted by atomic mass is 10.1. The van der Waals surface area contributed by atoms with Crippen LogP contribution in [-0.4, -0.2) is 26.2 Å². The van der Waals surface area contributed by atoms with Gasteiger partial charge in [-0.25, -0.2) is 9.97 Å². The molecule has 0 saturated heterocycles. The van der Waals surface area contributed by atoms with Crippen molar-refractivity contribution in [2.24, 2.45) is 0 Å². The summed E-state index contributed by atoms with van der Waals surface area (Å²) in [4.78, 5) is 32.9. The third kappa shape index (κ3) is 3.07. The highest BCUT2D eigenvalue weighted by Crippen LogP contribution is 2.32. The maximum atomic E-state index is 12.3. The maximum absolute atomic E-state index is 12.3. The van der Waals surface area contributed by atoms with Crippen LogP contribution in [0.4, 0.5) is 5.13 Å². The van der Waals surface area contributed by atoms with Crippen LogP contribution in [-0.2, 0) is 4.79 Å². The van der Waals surface area contributed by atoms with Gasteiger partial charge >= 0.3 is 0 Å². The number of thiazole rings is 1. The third-order valence-electron chi connectivity index (χ3n) is 3.40. The minimum atomic E-state index is -0.152. The molecule has 116 valence electrons. The number of nitrogens with zero attached hydrogens (tertiary/aromatic N) is 3. The van der Waals surface area contributed by atoms with Gasteiger partial charge in [0.1, 0.15) is 0 Å². The van der Waals surface area contributed by atoms with Crippen molar-refractivity contribution in [2.75, 3.05) is 11.1 Å². The van der Waals surface area contributed by atoms with E-state index in [4.69, 9.17) is 0 Å². The Labute approximate surface area is 136 Å². The van der Waals surface area contributed by atoms with Gasteiger partial charge in [-0.2, -0.15) is 0 Å². The van der Waals surface area contributed by atoms with Gasteiger partial charge in [-0.1, -0.05) is 25.6 Å². The van der Waals surface area contributed by atoms with Crippen molar-refractivity contribution in [3.05, 3.63) is 33.7 Å². The molecule has 3 heterocycles. The predicted molar refractivity (Wildman–Crippen MR) is 87.7 cm³/mol. The Kier molecular flexibility index (Phi) is 4.30. The van der Waals surface area contributed by atoms with Crippen LogP contribution in [0.2, 0.25) is 0 Å². The molecule has 1 aliphatic rings. The van der Waals surface area contributed by atoms with E-state index in [0.717, 1.165) is 5.69 Å². The molecule has 6 nitrogen and oxygen atoms in total. The molecule has 0 bridgehead atoms. The van der Waals surface area contributed by atoms with Crippen molar-refractivity contribution in [1.29, 1.82) is 0 Å². The number of carbonyl (C=O) groups is 1. The predicted octanol–water partition coefficient (Wildman–Crippen LogP) is 2.50. The first-order chi connectivity index (χ1) is 10.5. The molecule has 1 atom stereocenters. The Hall–Kier alpha value is -1.67. The highest BCUT2D eigenvalue weighted by atomic mass is 32.2. The van der Waals surface area contributed by atoms with E-state index in [1.54, 1.807) is 22.2 Å². The fourth-order valence-corrected chi connectivity index (χ4v) is 3.99. The Bertz CT molecular complexity index is 740. The van der Waals surface area contributed by atoms with Crippen LogP contribution in [0, 0.1) is 0 Å². The summed E-state index contributed by atoms with van der Waals surface area (Å²) in [6.07, 6.45) is 1.89. The summed E-state index contributed by atoms with van der Waals surface area (Å²) < 4.78 is 1.64. The molecule has 1 aliphatic heterocycles. The zero-order valence-corrected chi connectivity index (χ0v) is 13.9. The number of rotatable bonds is 4. The van der Waals surface area contributed by atoms with Crippen LogP contribution < -0.4 is 10.9 Å². The van der Waals surface area contributed by atoms with E-state index in [1.807, 2.05) is 13.8 Å². The van der Waals surface area contributed by atoms with Crippen molar-refractivity contribution in [3.8, 4) is 0 Å². The number of anilines is 1. The summed E-state index contributed by atoms with van der Waals surface area (Å²) in [5.74, 6) is 0.773. The second-order valence-corrected chi connectivity index (χ2v) is 7.26. The summed E-state index contributed by atoms with van der Waals surface area (Å²) in [5, 5.41) is 5.85. The molecule has 0 spiro atoms. The number of hydrogen-bond acceptors (Lipinski definition) is 6. The Morgan fingerprint density at radius 3 is 3.05 bits per heavy atom. The Morgan fingerprint density at radius 2 is 2.36 bits per heavy atom. The highest BCUT2D eigenvalue weighted by Gasteiger charge is 2.28.